The van der Waals surface area contributed by atoms with Gasteiger partial charge in [0.2, 0.25) is 0 Å². The minimum absolute atomic E-state index is 0.634. The first kappa shape index (κ1) is 32.3. The molecule has 11 aromatic rings. The van der Waals surface area contributed by atoms with Gasteiger partial charge in [-0.3, -0.25) is 0 Å². The number of fused-ring (bicyclic) bond motifs is 8. The molecule has 0 spiro atoms. The first-order valence-corrected chi connectivity index (χ1v) is 19.0. The van der Waals surface area contributed by atoms with Crippen molar-refractivity contribution in [2.75, 3.05) is 9.80 Å². The van der Waals surface area contributed by atoms with Gasteiger partial charge in [-0.1, -0.05) is 66.7 Å². The second-order valence-corrected chi connectivity index (χ2v) is 14.5. The Bertz CT molecular complexity index is 3180. The van der Waals surface area contributed by atoms with E-state index in [-0.39, 0.29) is 0 Å². The maximum absolute atomic E-state index is 9.48. The van der Waals surface area contributed by atoms with Gasteiger partial charge in [-0.2, -0.15) is 10.5 Å². The normalized spacial score (nSPS) is 11.5. The van der Waals surface area contributed by atoms with Crippen molar-refractivity contribution in [2.45, 2.75) is 0 Å². The Morgan fingerprint density at radius 2 is 0.737 bits per heavy atom. The van der Waals surface area contributed by atoms with Crippen LogP contribution in [0.2, 0.25) is 0 Å². The molecule has 0 saturated carbocycles. The van der Waals surface area contributed by atoms with Gasteiger partial charge in [0.05, 0.1) is 39.8 Å². The largest absolute Gasteiger partial charge is 0.310 e. The number of nitriles is 2. The fraction of sp³-hybridized carbons (Fsp3) is 0. The fourth-order valence-corrected chi connectivity index (χ4v) is 8.63. The first-order chi connectivity index (χ1) is 28.1. The van der Waals surface area contributed by atoms with E-state index in [4.69, 9.17) is 0 Å². The summed E-state index contributed by atoms with van der Waals surface area (Å²) in [4.78, 5) is 4.48. The summed E-state index contributed by atoms with van der Waals surface area (Å²) >= 11 is 0. The predicted molar refractivity (Wildman–Crippen MR) is 235 cm³/mol. The molecule has 5 nitrogen and oxygen atoms in total. The second kappa shape index (κ2) is 12.7. The van der Waals surface area contributed by atoms with Crippen LogP contribution < -0.4 is 9.80 Å². The molecule has 2 heterocycles. The lowest BCUT2D eigenvalue weighted by Gasteiger charge is -2.26. The summed E-state index contributed by atoms with van der Waals surface area (Å²) in [5.41, 5.74) is 11.0. The summed E-state index contributed by atoms with van der Waals surface area (Å²) in [6, 6.07) is 70.2. The van der Waals surface area contributed by atoms with Gasteiger partial charge >= 0.3 is 0 Å². The molecule has 0 aliphatic heterocycles. The molecule has 0 aliphatic rings. The highest BCUT2D eigenvalue weighted by Crippen LogP contribution is 2.44. The number of rotatable bonds is 6. The molecule has 9 aromatic carbocycles. The molecule has 0 fully saturated rings. The van der Waals surface area contributed by atoms with E-state index >= 15 is 0 Å². The minimum Gasteiger partial charge on any atom is -0.310 e. The first-order valence-electron chi connectivity index (χ1n) is 19.0. The molecule has 0 radical (unpaired) electrons. The van der Waals surface area contributed by atoms with Gasteiger partial charge in [0, 0.05) is 55.7 Å². The molecule has 0 saturated heterocycles. The fourth-order valence-electron chi connectivity index (χ4n) is 8.63. The summed E-state index contributed by atoms with van der Waals surface area (Å²) < 4.78 is 2.46. The van der Waals surface area contributed by atoms with Gasteiger partial charge in [0.15, 0.2) is 0 Å². The van der Waals surface area contributed by atoms with E-state index in [1.54, 1.807) is 0 Å². The maximum Gasteiger partial charge on any atom is 0.0991 e. The Balaban J connectivity index is 1.11. The van der Waals surface area contributed by atoms with Gasteiger partial charge in [0.1, 0.15) is 0 Å². The molecule has 0 bridgehead atoms. The lowest BCUT2D eigenvalue weighted by atomic mass is 10.0. The second-order valence-electron chi connectivity index (χ2n) is 14.5. The van der Waals surface area contributed by atoms with Gasteiger partial charge in [0.25, 0.3) is 0 Å². The predicted octanol–water partition coefficient (Wildman–Crippen LogP) is 13.8. The Morgan fingerprint density at radius 3 is 1.16 bits per heavy atom. The monoisotopic (exact) mass is 725 g/mol. The van der Waals surface area contributed by atoms with E-state index in [1.807, 2.05) is 60.7 Å². The average molecular weight is 726 g/mol. The van der Waals surface area contributed by atoms with Crippen molar-refractivity contribution in [3.05, 3.63) is 199 Å². The van der Waals surface area contributed by atoms with Crippen LogP contribution in [-0.2, 0) is 0 Å². The Hall–Kier alpha value is -8.12. The molecule has 2 aromatic heterocycles. The van der Waals surface area contributed by atoms with Crippen LogP contribution in [0.5, 0.6) is 0 Å². The summed E-state index contributed by atoms with van der Waals surface area (Å²) in [7, 11) is 0. The van der Waals surface area contributed by atoms with Crippen molar-refractivity contribution in [3.8, 4) is 12.1 Å². The standard InChI is InChI=1S/C52H31N5/c53-32-34-14-20-42(21-15-34)55(40-8-3-1-4-9-40)44-24-18-36-28-48-46-12-7-13-47-49-29-37-19-25-45(27-39(37)31-51(49)57(52(46)47)50(48)30-38(36)26-44)56(41-10-5-2-6-11-41)43-22-16-35(33-54)17-23-43/h1-31H. The van der Waals surface area contributed by atoms with E-state index in [2.05, 4.69) is 154 Å². The van der Waals surface area contributed by atoms with Crippen LogP contribution in [-0.4, -0.2) is 4.40 Å². The highest BCUT2D eigenvalue weighted by Gasteiger charge is 2.20. The summed E-state index contributed by atoms with van der Waals surface area (Å²) in [5.74, 6) is 0. The van der Waals surface area contributed by atoms with Crippen molar-refractivity contribution in [1.29, 1.82) is 10.5 Å². The molecular formula is C52H31N5. The third-order valence-corrected chi connectivity index (χ3v) is 11.3. The number of benzene rings is 9. The van der Waals surface area contributed by atoms with Crippen LogP contribution in [0, 0.1) is 22.7 Å². The Morgan fingerprint density at radius 1 is 0.333 bits per heavy atom. The van der Waals surface area contributed by atoms with Crippen LogP contribution >= 0.6 is 0 Å². The quantitative estimate of drug-likeness (QED) is 0.171. The molecular weight excluding hydrogens is 695 g/mol. The van der Waals surface area contributed by atoms with E-state index < -0.39 is 0 Å². The molecule has 0 aliphatic carbocycles. The summed E-state index contributed by atoms with van der Waals surface area (Å²) in [6.45, 7) is 0. The molecule has 0 atom stereocenters. The van der Waals surface area contributed by atoms with Crippen LogP contribution in [0.25, 0.3) is 59.6 Å². The molecule has 264 valence electrons. The Kier molecular flexibility index (Phi) is 7.22. The summed E-state index contributed by atoms with van der Waals surface area (Å²) in [5, 5.41) is 28.6. The highest BCUT2D eigenvalue weighted by molar-refractivity contribution is 6.26. The van der Waals surface area contributed by atoms with Crippen LogP contribution in [0.3, 0.4) is 0 Å². The number of aromatic nitrogens is 1. The number of anilines is 6. The lowest BCUT2D eigenvalue weighted by Crippen LogP contribution is -2.09. The minimum atomic E-state index is 0.634. The average Bonchev–Trinajstić information content (AvgIpc) is 3.77. The van der Waals surface area contributed by atoms with Gasteiger partial charge in [-0.15, -0.1) is 0 Å². The number of para-hydroxylation sites is 3. The van der Waals surface area contributed by atoms with Gasteiger partial charge in [-0.05, 0) is 143 Å². The third kappa shape index (κ3) is 5.15. The lowest BCUT2D eigenvalue weighted by molar-refractivity contribution is 1.28. The van der Waals surface area contributed by atoms with E-state index in [0.717, 1.165) is 44.9 Å². The SMILES string of the molecule is N#Cc1ccc(N(c2ccccc2)c2ccc3cc4c5cccc6c7cc8ccc(N(c9ccccc9)c9ccc(C#N)cc9)cc8cc7n(c4cc3c2)c56)cc1. The van der Waals surface area contributed by atoms with E-state index in [9.17, 15) is 10.5 Å². The molecule has 0 unspecified atom stereocenters. The highest BCUT2D eigenvalue weighted by atomic mass is 15.1. The zero-order chi connectivity index (χ0) is 38.0. The smallest absolute Gasteiger partial charge is 0.0991 e. The van der Waals surface area contributed by atoms with Crippen molar-refractivity contribution < 1.29 is 0 Å². The molecule has 5 heteroatoms. The number of nitrogens with zero attached hydrogens (tertiary/aromatic N) is 5. The number of hydrogen-bond acceptors (Lipinski definition) is 4. The van der Waals surface area contributed by atoms with Crippen LogP contribution in [0.1, 0.15) is 11.1 Å². The molecule has 0 N–H and O–H groups in total. The van der Waals surface area contributed by atoms with Crippen molar-refractivity contribution in [1.82, 2.24) is 4.40 Å². The van der Waals surface area contributed by atoms with Crippen molar-refractivity contribution in [2.24, 2.45) is 0 Å². The zero-order valence-corrected chi connectivity index (χ0v) is 30.6. The molecule has 0 amide bonds. The zero-order valence-electron chi connectivity index (χ0n) is 30.6. The van der Waals surface area contributed by atoms with Crippen molar-refractivity contribution in [3.63, 3.8) is 0 Å². The maximum atomic E-state index is 9.48. The molecule has 11 rings (SSSR count). The summed E-state index contributed by atoms with van der Waals surface area (Å²) in [6.07, 6.45) is 0. The van der Waals surface area contributed by atoms with Crippen LogP contribution in [0.4, 0.5) is 34.1 Å². The van der Waals surface area contributed by atoms with E-state index in [1.165, 1.54) is 48.9 Å². The van der Waals surface area contributed by atoms with Crippen LogP contribution in [0.15, 0.2) is 188 Å². The van der Waals surface area contributed by atoms with Gasteiger partial charge in [-0.25, -0.2) is 0 Å². The van der Waals surface area contributed by atoms with Crippen molar-refractivity contribution >= 4 is 93.8 Å². The number of hydrogen-bond donors (Lipinski definition) is 0. The Labute approximate surface area is 328 Å². The molecule has 57 heavy (non-hydrogen) atoms. The van der Waals surface area contributed by atoms with E-state index in [0.29, 0.717) is 11.1 Å². The topological polar surface area (TPSA) is 58.5 Å². The third-order valence-electron chi connectivity index (χ3n) is 11.3. The van der Waals surface area contributed by atoms with Gasteiger partial charge < -0.3 is 14.2 Å².